The molecular weight excluding hydrogens is 442 g/mol. The molecule has 13 heteroatoms. The van der Waals surface area contributed by atoms with Gasteiger partial charge in [0.1, 0.15) is 0 Å². The minimum absolute atomic E-state index is 0.147. The number of carbonyl (C=O) groups excluding carboxylic acids is 6. The van der Waals surface area contributed by atoms with Gasteiger partial charge in [0.15, 0.2) is 24.4 Å². The lowest BCUT2D eigenvalue weighted by molar-refractivity contribution is -0.183. The molecule has 0 bridgehead atoms. The fourth-order valence-corrected chi connectivity index (χ4v) is 2.77. The van der Waals surface area contributed by atoms with E-state index in [0.717, 1.165) is 6.92 Å². The molecule has 4 atom stereocenters. The first-order valence-corrected chi connectivity index (χ1v) is 10.1. The van der Waals surface area contributed by atoms with Crippen LogP contribution in [-0.4, -0.2) is 96.0 Å². The number of hydrogen-bond acceptors (Lipinski definition) is 11. The van der Waals surface area contributed by atoms with Crippen LogP contribution in [0.4, 0.5) is 0 Å². The van der Waals surface area contributed by atoms with E-state index in [0.29, 0.717) is 0 Å². The summed E-state index contributed by atoms with van der Waals surface area (Å²) in [7, 11) is 1.43. The van der Waals surface area contributed by atoms with Gasteiger partial charge < -0.3 is 18.9 Å². The van der Waals surface area contributed by atoms with Crippen molar-refractivity contribution in [2.24, 2.45) is 4.99 Å². The topological polar surface area (TPSA) is 158 Å². The molecule has 0 saturated carbocycles. The Morgan fingerprint density at radius 3 is 1.48 bits per heavy atom. The van der Waals surface area contributed by atoms with Gasteiger partial charge in [0.2, 0.25) is 11.9 Å². The van der Waals surface area contributed by atoms with Gasteiger partial charge in [0, 0.05) is 34.0 Å². The average Bonchev–Trinajstić information content (AvgIpc) is 3.16. The van der Waals surface area contributed by atoms with Gasteiger partial charge >= 0.3 is 23.9 Å². The normalized spacial score (nSPS) is 18.1. The number of rotatable bonds is 8. The molecule has 1 fully saturated rings. The Balaban J connectivity index is 2.62. The number of ether oxygens (including phenoxy) is 4. The number of amides is 2. The lowest BCUT2D eigenvalue weighted by atomic mass is 10.3. The van der Waals surface area contributed by atoms with E-state index in [9.17, 15) is 28.8 Å². The average molecular weight is 471 g/mol. The van der Waals surface area contributed by atoms with E-state index in [4.69, 9.17) is 14.2 Å². The summed E-state index contributed by atoms with van der Waals surface area (Å²) >= 11 is 0. The van der Waals surface area contributed by atoms with Gasteiger partial charge in [-0.25, -0.2) is 14.4 Å². The Kier molecular flexibility index (Phi) is 9.95. The van der Waals surface area contributed by atoms with Crippen molar-refractivity contribution < 1.29 is 47.7 Å². The molecule has 1 heterocycles. The third kappa shape index (κ3) is 7.54. The van der Waals surface area contributed by atoms with E-state index in [1.807, 2.05) is 0 Å². The zero-order chi connectivity index (χ0) is 25.5. The van der Waals surface area contributed by atoms with Crippen LogP contribution in [0.1, 0.15) is 41.5 Å². The largest absolute Gasteiger partial charge is 0.451 e. The van der Waals surface area contributed by atoms with E-state index in [1.54, 1.807) is 0 Å². The zero-order valence-corrected chi connectivity index (χ0v) is 19.6. The van der Waals surface area contributed by atoms with Crippen LogP contribution < -0.4 is 0 Å². The van der Waals surface area contributed by atoms with Crippen LogP contribution in [-0.2, 0) is 47.7 Å². The van der Waals surface area contributed by atoms with Crippen molar-refractivity contribution in [2.75, 3.05) is 20.1 Å². The van der Waals surface area contributed by atoms with Crippen molar-refractivity contribution in [1.82, 2.24) is 9.80 Å². The monoisotopic (exact) mass is 471 g/mol. The van der Waals surface area contributed by atoms with Crippen molar-refractivity contribution in [2.45, 2.75) is 66.0 Å². The van der Waals surface area contributed by atoms with E-state index < -0.39 is 54.2 Å². The summed E-state index contributed by atoms with van der Waals surface area (Å²) in [6.07, 6.45) is -5.28. The second kappa shape index (κ2) is 11.9. The van der Waals surface area contributed by atoms with E-state index in [2.05, 4.69) is 9.73 Å². The molecule has 0 N–H and O–H groups in total. The predicted molar refractivity (Wildman–Crippen MR) is 110 cm³/mol. The zero-order valence-electron chi connectivity index (χ0n) is 19.6. The quantitative estimate of drug-likeness (QED) is 0.331. The molecule has 0 aromatic heterocycles. The van der Waals surface area contributed by atoms with Gasteiger partial charge in [-0.2, -0.15) is 0 Å². The van der Waals surface area contributed by atoms with Gasteiger partial charge in [-0.1, -0.05) is 0 Å². The highest BCUT2D eigenvalue weighted by Gasteiger charge is 2.37. The molecule has 0 spiro atoms. The van der Waals surface area contributed by atoms with Crippen LogP contribution in [0.5, 0.6) is 0 Å². The van der Waals surface area contributed by atoms with Crippen LogP contribution in [0.15, 0.2) is 4.99 Å². The standard InChI is InChI=1S/C20H29N3O10/c1-10(16(26)23-9-8-22(14(5)24)20(23)21-7)31-18(28)12(3)33-19(29)13(4)32-17(27)11(2)30-15(6)25/h10-13H,8-9H2,1-7H3/b21-20-/t10-,11-,12-,13-/m0/s1. The fourth-order valence-electron chi connectivity index (χ4n) is 2.77. The molecule has 1 aliphatic heterocycles. The highest BCUT2D eigenvalue weighted by atomic mass is 16.6. The molecule has 1 saturated heterocycles. The number of esters is 4. The van der Waals surface area contributed by atoms with Crippen LogP contribution in [0.2, 0.25) is 0 Å². The summed E-state index contributed by atoms with van der Waals surface area (Å²) in [6, 6.07) is 0. The number of hydrogen-bond donors (Lipinski definition) is 0. The second-order valence-electron chi connectivity index (χ2n) is 7.17. The number of carbonyl (C=O) groups is 6. The third-order valence-corrected chi connectivity index (χ3v) is 4.44. The molecule has 13 nitrogen and oxygen atoms in total. The summed E-state index contributed by atoms with van der Waals surface area (Å²) in [6.45, 7) is 7.93. The van der Waals surface area contributed by atoms with Crippen LogP contribution in [0.25, 0.3) is 0 Å². The Morgan fingerprint density at radius 1 is 0.697 bits per heavy atom. The van der Waals surface area contributed by atoms with Crippen LogP contribution in [0.3, 0.4) is 0 Å². The van der Waals surface area contributed by atoms with E-state index in [1.165, 1.54) is 51.5 Å². The molecule has 0 aromatic carbocycles. The highest BCUT2D eigenvalue weighted by molar-refractivity contribution is 6.06. The van der Waals surface area contributed by atoms with Crippen molar-refractivity contribution in [3.8, 4) is 0 Å². The Morgan fingerprint density at radius 2 is 1.09 bits per heavy atom. The minimum Gasteiger partial charge on any atom is -0.451 e. The van der Waals surface area contributed by atoms with Crippen LogP contribution in [0, 0.1) is 0 Å². The molecule has 184 valence electrons. The summed E-state index contributed by atoms with van der Waals surface area (Å²) in [5.41, 5.74) is 0. The first-order chi connectivity index (χ1) is 15.3. The van der Waals surface area contributed by atoms with Crippen molar-refractivity contribution in [3.63, 3.8) is 0 Å². The van der Waals surface area contributed by atoms with Gasteiger partial charge in [0.25, 0.3) is 5.91 Å². The highest BCUT2D eigenvalue weighted by Crippen LogP contribution is 2.13. The maximum atomic E-state index is 12.7. The Hall–Kier alpha value is -3.51. The molecule has 2 amide bonds. The molecule has 0 aromatic rings. The minimum atomic E-state index is -1.41. The SMILES string of the molecule is C/N=C1/N(C(C)=O)CCN1C(=O)[C@H](C)OC(=O)[C@H](C)OC(=O)[C@H](C)OC(=O)[C@H](C)OC(C)=O. The first-order valence-electron chi connectivity index (χ1n) is 10.1. The van der Waals surface area contributed by atoms with E-state index >= 15 is 0 Å². The summed E-state index contributed by atoms with van der Waals surface area (Å²) in [5.74, 6) is -4.46. The van der Waals surface area contributed by atoms with Crippen molar-refractivity contribution in [1.29, 1.82) is 0 Å². The first kappa shape index (κ1) is 27.5. The number of aliphatic imine (C=N–C) groups is 1. The maximum absolute atomic E-state index is 12.7. The Labute approximate surface area is 191 Å². The number of nitrogens with zero attached hydrogens (tertiary/aromatic N) is 3. The fraction of sp³-hybridized carbons (Fsp3) is 0.650. The van der Waals surface area contributed by atoms with Gasteiger partial charge in [-0.05, 0) is 27.7 Å². The Bertz CT molecular complexity index is 840. The van der Waals surface area contributed by atoms with Crippen molar-refractivity contribution in [3.05, 3.63) is 0 Å². The summed E-state index contributed by atoms with van der Waals surface area (Å²) in [5, 5.41) is 0. The summed E-state index contributed by atoms with van der Waals surface area (Å²) in [4.78, 5) is 77.9. The van der Waals surface area contributed by atoms with Gasteiger partial charge in [-0.15, -0.1) is 0 Å². The van der Waals surface area contributed by atoms with Crippen LogP contribution >= 0.6 is 0 Å². The molecule has 0 radical (unpaired) electrons. The lowest BCUT2D eigenvalue weighted by Crippen LogP contribution is -2.45. The third-order valence-electron chi connectivity index (χ3n) is 4.44. The lowest BCUT2D eigenvalue weighted by Gasteiger charge is -2.23. The summed E-state index contributed by atoms with van der Waals surface area (Å²) < 4.78 is 19.5. The van der Waals surface area contributed by atoms with Gasteiger partial charge in [0.05, 0.1) is 0 Å². The predicted octanol–water partition coefficient (Wildman–Crippen LogP) is -0.590. The van der Waals surface area contributed by atoms with Crippen molar-refractivity contribution >= 4 is 41.7 Å². The van der Waals surface area contributed by atoms with E-state index in [-0.39, 0.29) is 25.0 Å². The molecule has 1 rings (SSSR count). The second-order valence-corrected chi connectivity index (χ2v) is 7.17. The molecule has 0 aliphatic carbocycles. The molecular formula is C20H29N3O10. The number of guanidine groups is 1. The molecule has 33 heavy (non-hydrogen) atoms. The molecule has 0 unspecified atom stereocenters. The molecule has 1 aliphatic rings. The smallest absolute Gasteiger partial charge is 0.347 e. The van der Waals surface area contributed by atoms with Gasteiger partial charge in [-0.3, -0.25) is 29.2 Å². The maximum Gasteiger partial charge on any atom is 0.347 e.